The zero-order valence-corrected chi connectivity index (χ0v) is 12.0. The van der Waals surface area contributed by atoms with Gasteiger partial charge in [0.15, 0.2) is 0 Å². The fourth-order valence-electron chi connectivity index (χ4n) is 2.36. The molecule has 1 N–H and O–H groups in total. The smallest absolute Gasteiger partial charge is 0.125 e. The number of hydrogen-bond donors (Lipinski definition) is 1. The normalized spacial score (nSPS) is 18.5. The lowest BCUT2D eigenvalue weighted by Gasteiger charge is -2.23. The van der Waals surface area contributed by atoms with E-state index < -0.39 is 0 Å². The van der Waals surface area contributed by atoms with Crippen molar-refractivity contribution in [1.29, 1.82) is 0 Å². The van der Waals surface area contributed by atoms with E-state index in [0.29, 0.717) is 19.3 Å². The minimum atomic E-state index is 0.323. The van der Waals surface area contributed by atoms with E-state index in [-0.39, 0.29) is 0 Å². The molecule has 2 aromatic heterocycles. The lowest BCUT2D eigenvalue weighted by atomic mass is 10.2. The Morgan fingerprint density at radius 1 is 1.53 bits per heavy atom. The van der Waals surface area contributed by atoms with Crippen LogP contribution in [-0.4, -0.2) is 21.1 Å². The lowest BCUT2D eigenvalue weighted by Crippen LogP contribution is -2.32. The van der Waals surface area contributed by atoms with Gasteiger partial charge in [-0.15, -0.1) is 11.3 Å². The number of aromatic nitrogens is 3. The highest BCUT2D eigenvalue weighted by molar-refractivity contribution is 7.09. The molecule has 1 aliphatic heterocycles. The number of rotatable bonds is 4. The Hall–Kier alpha value is -1.24. The number of imidazole rings is 1. The Morgan fingerprint density at radius 2 is 2.42 bits per heavy atom. The van der Waals surface area contributed by atoms with Crippen LogP contribution >= 0.6 is 11.3 Å². The molecule has 2 aromatic rings. The van der Waals surface area contributed by atoms with Gasteiger partial charge in [0, 0.05) is 18.5 Å². The predicted molar refractivity (Wildman–Crippen MR) is 74.0 cm³/mol. The first-order chi connectivity index (χ1) is 9.24. The molecule has 0 saturated heterocycles. The fraction of sp³-hybridized carbons (Fsp3) is 0.538. The Bertz CT molecular complexity index is 563. The molecule has 1 atom stereocenters. The molecule has 0 fully saturated rings. The zero-order chi connectivity index (χ0) is 13.2. The van der Waals surface area contributed by atoms with Crippen LogP contribution in [-0.2, 0) is 24.5 Å². The van der Waals surface area contributed by atoms with Crippen LogP contribution in [0.3, 0.4) is 0 Å². The van der Waals surface area contributed by atoms with Gasteiger partial charge in [-0.05, 0) is 13.8 Å². The molecule has 3 rings (SSSR count). The average Bonchev–Trinajstić information content (AvgIpc) is 2.98. The van der Waals surface area contributed by atoms with E-state index in [1.54, 1.807) is 11.3 Å². The molecular weight excluding hydrogens is 260 g/mol. The van der Waals surface area contributed by atoms with Crippen molar-refractivity contribution in [3.63, 3.8) is 0 Å². The second-order valence-electron chi connectivity index (χ2n) is 4.79. The van der Waals surface area contributed by atoms with Crippen molar-refractivity contribution in [2.24, 2.45) is 0 Å². The first-order valence-electron chi connectivity index (χ1n) is 6.50. The molecule has 19 heavy (non-hydrogen) atoms. The maximum Gasteiger partial charge on any atom is 0.125 e. The zero-order valence-electron chi connectivity index (χ0n) is 11.2. The summed E-state index contributed by atoms with van der Waals surface area (Å²) in [6.45, 7) is 7.27. The van der Waals surface area contributed by atoms with Crippen LogP contribution in [0.4, 0.5) is 0 Å². The summed E-state index contributed by atoms with van der Waals surface area (Å²) in [5.41, 5.74) is 2.16. The van der Waals surface area contributed by atoms with E-state index in [0.717, 1.165) is 35.3 Å². The molecule has 0 bridgehead atoms. The minimum Gasteiger partial charge on any atom is -0.369 e. The molecule has 0 aromatic carbocycles. The van der Waals surface area contributed by atoms with Gasteiger partial charge in [0.05, 0.1) is 41.8 Å². The molecule has 0 unspecified atom stereocenters. The molecule has 1 aliphatic rings. The predicted octanol–water partition coefficient (Wildman–Crippen LogP) is 2.03. The third-order valence-electron chi connectivity index (χ3n) is 3.31. The van der Waals surface area contributed by atoms with E-state index in [1.165, 1.54) is 0 Å². The number of nitrogens with one attached hydrogen (secondary N) is 1. The highest BCUT2D eigenvalue weighted by Gasteiger charge is 2.19. The largest absolute Gasteiger partial charge is 0.369 e. The van der Waals surface area contributed by atoms with Crippen molar-refractivity contribution in [2.45, 2.75) is 39.6 Å². The highest BCUT2D eigenvalue weighted by Crippen LogP contribution is 2.18. The first kappa shape index (κ1) is 12.8. The molecule has 102 valence electrons. The monoisotopic (exact) mass is 278 g/mol. The summed E-state index contributed by atoms with van der Waals surface area (Å²) in [6.07, 6.45) is 1.92. The van der Waals surface area contributed by atoms with Crippen LogP contribution in [0.15, 0.2) is 11.6 Å². The number of ether oxygens (including phenoxy) is 1. The number of thiazole rings is 1. The molecule has 6 heteroatoms. The van der Waals surface area contributed by atoms with Crippen molar-refractivity contribution in [2.75, 3.05) is 6.54 Å². The average molecular weight is 278 g/mol. The van der Waals surface area contributed by atoms with Crippen LogP contribution in [0.1, 0.15) is 35.2 Å². The third kappa shape index (κ3) is 2.70. The van der Waals surface area contributed by atoms with Gasteiger partial charge >= 0.3 is 0 Å². The summed E-state index contributed by atoms with van der Waals surface area (Å²) in [7, 11) is 0. The van der Waals surface area contributed by atoms with Gasteiger partial charge in [-0.2, -0.15) is 0 Å². The fourth-order valence-corrected chi connectivity index (χ4v) is 2.96. The minimum absolute atomic E-state index is 0.323. The van der Waals surface area contributed by atoms with Crippen LogP contribution in [0.25, 0.3) is 0 Å². The number of hydrogen-bond acceptors (Lipinski definition) is 5. The summed E-state index contributed by atoms with van der Waals surface area (Å²) in [5.74, 6) is 1.11. The van der Waals surface area contributed by atoms with Gasteiger partial charge in [-0.3, -0.25) is 0 Å². The Kier molecular flexibility index (Phi) is 3.63. The number of aryl methyl sites for hydroxylation is 1. The van der Waals surface area contributed by atoms with Crippen LogP contribution in [0.5, 0.6) is 0 Å². The first-order valence-corrected chi connectivity index (χ1v) is 7.38. The quantitative estimate of drug-likeness (QED) is 0.929. The molecule has 0 saturated carbocycles. The summed E-state index contributed by atoms with van der Waals surface area (Å²) in [5, 5.41) is 6.54. The molecule has 0 spiro atoms. The Labute approximate surface area is 116 Å². The van der Waals surface area contributed by atoms with Crippen LogP contribution < -0.4 is 5.32 Å². The topological polar surface area (TPSA) is 52.0 Å². The molecular formula is C13H18N4OS. The van der Waals surface area contributed by atoms with E-state index in [1.807, 2.05) is 18.5 Å². The van der Waals surface area contributed by atoms with E-state index in [2.05, 4.69) is 26.8 Å². The summed E-state index contributed by atoms with van der Waals surface area (Å²) in [6, 6.07) is 0.323. The standard InChI is InChI=1S/C13H18N4OS/c1-9-13-15-5-12(17(13)4-3-14-9)7-18-6-11-8-19-10(2)16-11/h5,8-9,14H,3-4,6-7H2,1-2H3/t9-/m1/s1. The lowest BCUT2D eigenvalue weighted by molar-refractivity contribution is 0.0992. The Balaban J connectivity index is 1.61. The molecule has 3 heterocycles. The van der Waals surface area contributed by atoms with Crippen molar-refractivity contribution >= 4 is 11.3 Å². The highest BCUT2D eigenvalue weighted by atomic mass is 32.1. The van der Waals surface area contributed by atoms with Gasteiger partial charge < -0.3 is 14.6 Å². The van der Waals surface area contributed by atoms with Gasteiger partial charge in [0.25, 0.3) is 0 Å². The maximum absolute atomic E-state index is 5.74. The maximum atomic E-state index is 5.74. The van der Waals surface area contributed by atoms with Crippen molar-refractivity contribution in [3.05, 3.63) is 33.8 Å². The van der Waals surface area contributed by atoms with E-state index in [9.17, 15) is 0 Å². The van der Waals surface area contributed by atoms with Crippen molar-refractivity contribution < 1.29 is 4.74 Å². The number of fused-ring (bicyclic) bond motifs is 1. The molecule has 5 nitrogen and oxygen atoms in total. The summed E-state index contributed by atoms with van der Waals surface area (Å²) < 4.78 is 8.00. The third-order valence-corrected chi connectivity index (χ3v) is 4.13. The second kappa shape index (κ2) is 5.40. The van der Waals surface area contributed by atoms with Gasteiger partial charge in [0.1, 0.15) is 5.82 Å². The van der Waals surface area contributed by atoms with Crippen LogP contribution in [0.2, 0.25) is 0 Å². The van der Waals surface area contributed by atoms with Crippen molar-refractivity contribution in [1.82, 2.24) is 19.9 Å². The van der Waals surface area contributed by atoms with Gasteiger partial charge in [0.2, 0.25) is 0 Å². The second-order valence-corrected chi connectivity index (χ2v) is 5.85. The van der Waals surface area contributed by atoms with Gasteiger partial charge in [-0.25, -0.2) is 9.97 Å². The molecule has 0 aliphatic carbocycles. The molecule has 0 amide bonds. The van der Waals surface area contributed by atoms with Crippen molar-refractivity contribution in [3.8, 4) is 0 Å². The summed E-state index contributed by atoms with van der Waals surface area (Å²) >= 11 is 1.66. The Morgan fingerprint density at radius 3 is 3.21 bits per heavy atom. The van der Waals surface area contributed by atoms with Crippen LogP contribution in [0, 0.1) is 6.92 Å². The van der Waals surface area contributed by atoms with E-state index in [4.69, 9.17) is 4.74 Å². The van der Waals surface area contributed by atoms with E-state index >= 15 is 0 Å². The van der Waals surface area contributed by atoms with Gasteiger partial charge in [-0.1, -0.05) is 0 Å². The SMILES string of the molecule is Cc1nc(COCc2cnc3n2CCN[C@@H]3C)cs1. The number of nitrogens with zero attached hydrogens (tertiary/aromatic N) is 3. The summed E-state index contributed by atoms with van der Waals surface area (Å²) in [4.78, 5) is 8.86. The molecule has 0 radical (unpaired) electrons.